The molecule has 26 heavy (non-hydrogen) atoms. The fraction of sp³-hybridized carbons (Fsp3) is 0.130. The Bertz CT molecular complexity index is 1420. The minimum atomic E-state index is -2.12. The first kappa shape index (κ1) is 12.2. The molecule has 0 saturated carbocycles. The van der Waals surface area contributed by atoms with E-state index in [1.165, 1.54) is 0 Å². The normalized spacial score (nSPS) is 13.8. The van der Waals surface area contributed by atoms with Gasteiger partial charge in [-0.3, -0.25) is 4.98 Å². The smallest absolute Gasteiger partial charge is 0.224 e. The number of fused-ring (bicyclic) bond motifs is 5. The Morgan fingerprint density at radius 3 is 2.88 bits per heavy atom. The van der Waals surface area contributed by atoms with Crippen LogP contribution in [-0.4, -0.2) is 4.98 Å². The molecule has 0 radical (unpaired) electrons. The van der Waals surface area contributed by atoms with Crippen molar-refractivity contribution in [1.29, 1.82) is 0 Å². The van der Waals surface area contributed by atoms with Gasteiger partial charge in [0.25, 0.3) is 0 Å². The number of benzene rings is 2. The summed E-state index contributed by atoms with van der Waals surface area (Å²) in [7, 11) is 1.99. The maximum atomic E-state index is 7.68. The van der Waals surface area contributed by atoms with E-state index in [1.54, 1.807) is 18.3 Å². The van der Waals surface area contributed by atoms with E-state index >= 15 is 0 Å². The first-order valence-electron chi connectivity index (χ1n) is 10.0. The Kier molecular flexibility index (Phi) is 2.53. The highest BCUT2D eigenvalue weighted by Crippen LogP contribution is 2.37. The molecule has 0 aliphatic carbocycles. The fourth-order valence-corrected chi connectivity index (χ4v) is 3.76. The molecule has 0 unspecified atom stereocenters. The van der Waals surface area contributed by atoms with Crippen LogP contribution in [0.5, 0.6) is 0 Å². The highest BCUT2D eigenvalue weighted by atomic mass is 16.3. The van der Waals surface area contributed by atoms with Crippen molar-refractivity contribution in [2.45, 2.75) is 13.8 Å². The third-order valence-corrected chi connectivity index (χ3v) is 4.98. The highest BCUT2D eigenvalue weighted by molar-refractivity contribution is 6.17. The molecule has 0 spiro atoms. The van der Waals surface area contributed by atoms with Crippen molar-refractivity contribution in [3.63, 3.8) is 0 Å². The highest BCUT2D eigenvalue weighted by Gasteiger charge is 2.23. The number of hydrogen-bond acceptors (Lipinski definition) is 2. The molecule has 3 nitrogen and oxygen atoms in total. The maximum absolute atomic E-state index is 7.68. The number of nitrogens with zero attached hydrogens (tertiary/aromatic N) is 2. The van der Waals surface area contributed by atoms with Gasteiger partial charge < -0.3 is 4.42 Å². The summed E-state index contributed by atoms with van der Waals surface area (Å²) in [5, 5.41) is 3.03. The average Bonchev–Trinajstić information content (AvgIpc) is 3.07. The van der Waals surface area contributed by atoms with Crippen LogP contribution in [-0.2, 0) is 7.05 Å². The van der Waals surface area contributed by atoms with Crippen molar-refractivity contribution in [3.8, 4) is 11.3 Å². The zero-order valence-corrected chi connectivity index (χ0v) is 14.6. The van der Waals surface area contributed by atoms with Crippen molar-refractivity contribution in [2.75, 3.05) is 0 Å². The summed E-state index contributed by atoms with van der Waals surface area (Å²) < 4.78 is 31.3. The Hall–Kier alpha value is -3.20. The number of aryl methyl sites for hydroxylation is 3. The first-order valence-corrected chi connectivity index (χ1v) is 8.55. The minimum Gasteiger partial charge on any atom is -0.453 e. The lowest BCUT2D eigenvalue weighted by molar-refractivity contribution is -0.659. The van der Waals surface area contributed by atoms with Crippen LogP contribution in [0.2, 0.25) is 0 Å². The number of aromatic nitrogens is 2. The monoisotopic (exact) mass is 342 g/mol. The van der Waals surface area contributed by atoms with E-state index < -0.39 is 6.85 Å². The van der Waals surface area contributed by atoms with Gasteiger partial charge in [-0.25, -0.2) is 4.57 Å². The van der Waals surface area contributed by atoms with Crippen LogP contribution in [0.3, 0.4) is 0 Å². The Morgan fingerprint density at radius 2 is 2.04 bits per heavy atom. The zero-order chi connectivity index (χ0) is 20.3. The average molecular weight is 342 g/mol. The molecule has 0 fully saturated rings. The van der Waals surface area contributed by atoms with Crippen LogP contribution in [0.1, 0.15) is 15.2 Å². The van der Waals surface area contributed by atoms with Gasteiger partial charge in [0.15, 0.2) is 11.8 Å². The summed E-state index contributed by atoms with van der Waals surface area (Å²) >= 11 is 0. The second kappa shape index (κ2) is 5.40. The molecule has 3 heteroatoms. The number of rotatable bonds is 1. The lowest BCUT2D eigenvalue weighted by atomic mass is 9.98. The fourth-order valence-electron chi connectivity index (χ4n) is 3.76. The van der Waals surface area contributed by atoms with Crippen LogP contribution in [0, 0.1) is 13.8 Å². The van der Waals surface area contributed by atoms with E-state index in [1.807, 2.05) is 44.4 Å². The van der Waals surface area contributed by atoms with E-state index in [-0.39, 0.29) is 0 Å². The second-order valence-corrected chi connectivity index (χ2v) is 6.66. The van der Waals surface area contributed by atoms with Gasteiger partial charge in [-0.05, 0) is 37.5 Å². The van der Waals surface area contributed by atoms with Crippen LogP contribution < -0.4 is 4.57 Å². The Morgan fingerprint density at radius 1 is 1.12 bits per heavy atom. The van der Waals surface area contributed by atoms with Crippen molar-refractivity contribution < 1.29 is 13.1 Å². The summed E-state index contributed by atoms with van der Waals surface area (Å²) in [6.45, 7) is -0.174. The zero-order valence-electron chi connectivity index (χ0n) is 17.6. The molecule has 3 aromatic heterocycles. The van der Waals surface area contributed by atoms with E-state index in [9.17, 15) is 0 Å². The lowest BCUT2D eigenvalue weighted by Gasteiger charge is -2.06. The quantitative estimate of drug-likeness (QED) is 0.390. The maximum Gasteiger partial charge on any atom is 0.224 e. The first-order chi connectivity index (χ1) is 13.8. The summed E-state index contributed by atoms with van der Waals surface area (Å²) in [5.41, 5.74) is 5.62. The standard InChI is InChI=1S/C23H19N2O/c1-14-6-8-17(15(2)13-14)22-20-18-9-7-16-5-4-11-24-21(16)23(18)26-19(20)10-12-25(22)3/h4-13H,1-3H3/q+1/i1D3. The van der Waals surface area contributed by atoms with Gasteiger partial charge in [0.2, 0.25) is 5.69 Å². The SMILES string of the molecule is [2H]C([2H])([2H])c1ccc(-c2c3c(cc[n+]2C)oc2c3ccc3cccnc32)c(C)c1. The van der Waals surface area contributed by atoms with Gasteiger partial charge in [0, 0.05) is 32.7 Å². The molecule has 5 aromatic rings. The van der Waals surface area contributed by atoms with Gasteiger partial charge in [-0.2, -0.15) is 0 Å². The van der Waals surface area contributed by atoms with Crippen molar-refractivity contribution in [2.24, 2.45) is 7.05 Å². The molecular formula is C23H19N2O+. The van der Waals surface area contributed by atoms with Crippen LogP contribution in [0.15, 0.2) is 65.3 Å². The number of hydrogen-bond donors (Lipinski definition) is 0. The minimum absolute atomic E-state index is 0.348. The van der Waals surface area contributed by atoms with E-state index in [0.717, 1.165) is 49.7 Å². The number of furan rings is 1. The van der Waals surface area contributed by atoms with Crippen molar-refractivity contribution in [1.82, 2.24) is 4.98 Å². The third-order valence-electron chi connectivity index (χ3n) is 4.98. The summed E-state index contributed by atoms with van der Waals surface area (Å²) in [4.78, 5) is 4.52. The largest absolute Gasteiger partial charge is 0.453 e. The van der Waals surface area contributed by atoms with Gasteiger partial charge in [0.05, 0.1) is 0 Å². The Labute approximate surface area is 155 Å². The summed E-state index contributed by atoms with van der Waals surface area (Å²) in [6, 6.07) is 15.4. The molecule has 0 aliphatic rings. The summed E-state index contributed by atoms with van der Waals surface area (Å²) in [5.74, 6) is 0. The molecule has 0 saturated heterocycles. The second-order valence-electron chi connectivity index (χ2n) is 6.66. The van der Waals surface area contributed by atoms with Crippen molar-refractivity contribution >= 4 is 32.8 Å². The molecule has 0 N–H and O–H groups in total. The van der Waals surface area contributed by atoms with Gasteiger partial charge in [-0.15, -0.1) is 0 Å². The lowest BCUT2D eigenvalue weighted by Crippen LogP contribution is -2.30. The topological polar surface area (TPSA) is 29.9 Å². The van der Waals surface area contributed by atoms with Crippen LogP contribution in [0.25, 0.3) is 44.1 Å². The van der Waals surface area contributed by atoms with Crippen LogP contribution >= 0.6 is 0 Å². The van der Waals surface area contributed by atoms with Crippen molar-refractivity contribution in [3.05, 3.63) is 72.1 Å². The molecule has 0 bridgehead atoms. The molecule has 0 aliphatic heterocycles. The van der Waals surface area contributed by atoms with Gasteiger partial charge in [0.1, 0.15) is 23.5 Å². The molecule has 0 atom stereocenters. The molecule has 2 aromatic carbocycles. The molecule has 0 amide bonds. The van der Waals surface area contributed by atoms with E-state index in [4.69, 9.17) is 8.53 Å². The van der Waals surface area contributed by atoms with Gasteiger partial charge >= 0.3 is 0 Å². The third kappa shape index (κ3) is 2.07. The van der Waals surface area contributed by atoms with Gasteiger partial charge in [-0.1, -0.05) is 29.8 Å². The van der Waals surface area contributed by atoms with E-state index in [2.05, 4.69) is 21.7 Å². The molecule has 3 heterocycles. The molecule has 5 rings (SSSR count). The Balaban J connectivity index is 1.87. The predicted molar refractivity (Wildman–Crippen MR) is 105 cm³/mol. The molecule has 126 valence electrons. The van der Waals surface area contributed by atoms with E-state index in [0.29, 0.717) is 5.56 Å². The van der Waals surface area contributed by atoms with Crippen LogP contribution in [0.4, 0.5) is 0 Å². The predicted octanol–water partition coefficient (Wildman–Crippen LogP) is 5.24. The number of pyridine rings is 2. The molecular weight excluding hydrogens is 320 g/mol. The summed E-state index contributed by atoms with van der Waals surface area (Å²) in [6.07, 6.45) is 3.74.